The molecule has 0 aliphatic rings. The van der Waals surface area contributed by atoms with Gasteiger partial charge in [0, 0.05) is 24.8 Å². The number of hydrogen-bond acceptors (Lipinski definition) is 4. The fourth-order valence-electron chi connectivity index (χ4n) is 2.71. The van der Waals surface area contributed by atoms with Crippen molar-refractivity contribution < 1.29 is 32.6 Å². The number of amides is 2. The van der Waals surface area contributed by atoms with E-state index in [1.54, 1.807) is 18.2 Å². The lowest BCUT2D eigenvalue weighted by molar-refractivity contribution is -0.192. The number of carbonyl (C=O) groups is 2. The van der Waals surface area contributed by atoms with Crippen LogP contribution in [0.2, 0.25) is 0 Å². The van der Waals surface area contributed by atoms with Crippen molar-refractivity contribution in [1.29, 1.82) is 0 Å². The number of nitrogens with zero attached hydrogens (tertiary/aromatic N) is 2. The zero-order chi connectivity index (χ0) is 24.4. The number of ether oxygens (including phenoxy) is 1. The van der Waals surface area contributed by atoms with Gasteiger partial charge < -0.3 is 20.1 Å². The lowest BCUT2D eigenvalue weighted by atomic mass is 10.1. The van der Waals surface area contributed by atoms with Crippen LogP contribution in [0.1, 0.15) is 12.5 Å². The Bertz CT molecular complexity index is 1040. The van der Waals surface area contributed by atoms with Gasteiger partial charge >= 0.3 is 18.2 Å². The molecule has 0 saturated heterocycles. The van der Waals surface area contributed by atoms with Crippen LogP contribution in [0.3, 0.4) is 0 Å². The van der Waals surface area contributed by atoms with Gasteiger partial charge in [0.25, 0.3) is 0 Å². The van der Waals surface area contributed by atoms with Crippen LogP contribution in [0.4, 0.5) is 23.7 Å². The zero-order valence-corrected chi connectivity index (χ0v) is 17.9. The highest BCUT2D eigenvalue weighted by molar-refractivity contribution is 5.91. The summed E-state index contributed by atoms with van der Waals surface area (Å²) in [5.41, 5.74) is 3.65. The first kappa shape index (κ1) is 25.2. The molecule has 11 heteroatoms. The van der Waals surface area contributed by atoms with E-state index in [-0.39, 0.29) is 6.03 Å². The monoisotopic (exact) mass is 464 g/mol. The van der Waals surface area contributed by atoms with Crippen molar-refractivity contribution in [2.75, 3.05) is 19.0 Å². The molecular formula is C22H23F3N4O4. The standard InChI is InChI=1S/C20H22N4O2.C2HF3O2/c1-3-24(14-15-7-5-4-6-8-15)20(25)23-18-10-9-16(11-19(18)26-2)17-12-21-22-13-17;3-2(4,5)1(6)7/h4-13H,3,14H2,1-2H3,(H,21,22)(H,23,25);(H,6,7). The van der Waals surface area contributed by atoms with Crippen molar-refractivity contribution in [2.24, 2.45) is 0 Å². The van der Waals surface area contributed by atoms with E-state index in [1.165, 1.54) is 0 Å². The molecular weight excluding hydrogens is 441 g/mol. The Morgan fingerprint density at radius 1 is 1.15 bits per heavy atom. The van der Waals surface area contributed by atoms with Crippen LogP contribution in [0.15, 0.2) is 60.9 Å². The van der Waals surface area contributed by atoms with Crippen LogP contribution < -0.4 is 10.1 Å². The summed E-state index contributed by atoms with van der Waals surface area (Å²) in [6.07, 6.45) is -1.53. The second kappa shape index (κ2) is 11.6. The van der Waals surface area contributed by atoms with Gasteiger partial charge in [-0.3, -0.25) is 5.10 Å². The number of carboxylic acids is 1. The highest BCUT2D eigenvalue weighted by atomic mass is 19.4. The summed E-state index contributed by atoms with van der Waals surface area (Å²) in [5.74, 6) is -2.15. The number of anilines is 1. The minimum absolute atomic E-state index is 0.161. The summed E-state index contributed by atoms with van der Waals surface area (Å²) in [7, 11) is 1.59. The average molecular weight is 464 g/mol. The van der Waals surface area contributed by atoms with Crippen molar-refractivity contribution in [3.8, 4) is 16.9 Å². The number of benzene rings is 2. The number of hydrogen-bond donors (Lipinski definition) is 3. The van der Waals surface area contributed by atoms with Crippen molar-refractivity contribution >= 4 is 17.7 Å². The van der Waals surface area contributed by atoms with Gasteiger partial charge in [-0.15, -0.1) is 0 Å². The van der Waals surface area contributed by atoms with Gasteiger partial charge in [-0.1, -0.05) is 36.4 Å². The highest BCUT2D eigenvalue weighted by Gasteiger charge is 2.38. The topological polar surface area (TPSA) is 108 Å². The van der Waals surface area contributed by atoms with Crippen LogP contribution in [-0.2, 0) is 11.3 Å². The molecule has 3 N–H and O–H groups in total. The lowest BCUT2D eigenvalue weighted by Crippen LogP contribution is -2.34. The van der Waals surface area contributed by atoms with E-state index in [0.29, 0.717) is 24.5 Å². The van der Waals surface area contributed by atoms with Gasteiger partial charge in [-0.2, -0.15) is 18.3 Å². The Balaban J connectivity index is 0.000000479. The molecule has 1 aromatic heterocycles. The summed E-state index contributed by atoms with van der Waals surface area (Å²) in [5, 5.41) is 16.8. The Labute approximate surface area is 188 Å². The van der Waals surface area contributed by atoms with Gasteiger partial charge in [0.2, 0.25) is 0 Å². The van der Waals surface area contributed by atoms with Crippen LogP contribution in [0.5, 0.6) is 5.75 Å². The normalized spacial score (nSPS) is 10.6. The number of aliphatic carboxylic acids is 1. The molecule has 33 heavy (non-hydrogen) atoms. The van der Waals surface area contributed by atoms with Gasteiger partial charge in [-0.25, -0.2) is 9.59 Å². The number of carbonyl (C=O) groups excluding carboxylic acids is 1. The first-order chi connectivity index (χ1) is 15.7. The number of aromatic amines is 1. The summed E-state index contributed by atoms with van der Waals surface area (Å²) in [6.45, 7) is 3.12. The minimum atomic E-state index is -5.08. The second-order valence-corrected chi connectivity index (χ2v) is 6.63. The van der Waals surface area contributed by atoms with Crippen LogP contribution in [-0.4, -0.2) is 52.0 Å². The number of aromatic nitrogens is 2. The summed E-state index contributed by atoms with van der Waals surface area (Å²) >= 11 is 0. The molecule has 0 atom stereocenters. The highest BCUT2D eigenvalue weighted by Crippen LogP contribution is 2.30. The quantitative estimate of drug-likeness (QED) is 0.487. The maximum absolute atomic E-state index is 12.7. The number of alkyl halides is 3. The predicted octanol–water partition coefficient (Wildman–Crippen LogP) is 4.77. The largest absolute Gasteiger partial charge is 0.495 e. The molecule has 0 unspecified atom stereocenters. The minimum Gasteiger partial charge on any atom is -0.495 e. The molecule has 8 nitrogen and oxygen atoms in total. The van der Waals surface area contributed by atoms with Crippen molar-refractivity contribution in [3.63, 3.8) is 0 Å². The van der Waals surface area contributed by atoms with E-state index in [9.17, 15) is 18.0 Å². The first-order valence-corrected chi connectivity index (χ1v) is 9.72. The summed E-state index contributed by atoms with van der Waals surface area (Å²) in [6, 6.07) is 15.4. The van der Waals surface area contributed by atoms with Gasteiger partial charge in [0.05, 0.1) is 19.0 Å². The number of halogens is 3. The third-order valence-corrected chi connectivity index (χ3v) is 4.40. The third-order valence-electron chi connectivity index (χ3n) is 4.40. The van der Waals surface area contributed by atoms with Gasteiger partial charge in [-0.05, 0) is 30.2 Å². The van der Waals surface area contributed by atoms with E-state index in [4.69, 9.17) is 14.6 Å². The number of nitrogens with one attached hydrogen (secondary N) is 2. The molecule has 1 heterocycles. The van der Waals surface area contributed by atoms with E-state index in [1.807, 2.05) is 61.7 Å². The molecule has 0 aliphatic carbocycles. The number of rotatable bonds is 6. The maximum Gasteiger partial charge on any atom is 0.490 e. The van der Waals surface area contributed by atoms with E-state index >= 15 is 0 Å². The van der Waals surface area contributed by atoms with Crippen molar-refractivity contribution in [3.05, 3.63) is 66.5 Å². The van der Waals surface area contributed by atoms with Crippen LogP contribution >= 0.6 is 0 Å². The van der Waals surface area contributed by atoms with Gasteiger partial charge in [0.1, 0.15) is 5.75 Å². The zero-order valence-electron chi connectivity index (χ0n) is 17.9. The number of H-pyrrole nitrogens is 1. The average Bonchev–Trinajstić information content (AvgIpc) is 3.33. The molecule has 0 spiro atoms. The molecule has 0 aliphatic heterocycles. The fraction of sp³-hybridized carbons (Fsp3) is 0.227. The molecule has 0 radical (unpaired) electrons. The Morgan fingerprint density at radius 3 is 2.33 bits per heavy atom. The maximum atomic E-state index is 12.7. The molecule has 3 rings (SSSR count). The van der Waals surface area contributed by atoms with Crippen molar-refractivity contribution in [1.82, 2.24) is 15.1 Å². The van der Waals surface area contributed by atoms with Gasteiger partial charge in [0.15, 0.2) is 0 Å². The predicted molar refractivity (Wildman–Crippen MR) is 116 cm³/mol. The Hall–Kier alpha value is -4.02. The summed E-state index contributed by atoms with van der Waals surface area (Å²) in [4.78, 5) is 23.3. The van der Waals surface area contributed by atoms with E-state index in [0.717, 1.165) is 16.7 Å². The number of urea groups is 1. The number of carboxylic acid groups (broad SMARTS) is 1. The van der Waals surface area contributed by atoms with Crippen LogP contribution in [0, 0.1) is 0 Å². The molecule has 0 fully saturated rings. The fourth-order valence-corrected chi connectivity index (χ4v) is 2.71. The lowest BCUT2D eigenvalue weighted by Gasteiger charge is -2.22. The summed E-state index contributed by atoms with van der Waals surface area (Å²) < 4.78 is 37.2. The van der Waals surface area contributed by atoms with Crippen molar-refractivity contribution in [2.45, 2.75) is 19.6 Å². The molecule has 0 saturated carbocycles. The molecule has 2 amide bonds. The van der Waals surface area contributed by atoms with E-state index in [2.05, 4.69) is 15.5 Å². The molecule has 176 valence electrons. The van der Waals surface area contributed by atoms with E-state index < -0.39 is 12.1 Å². The smallest absolute Gasteiger partial charge is 0.490 e. The molecule has 0 bridgehead atoms. The molecule has 3 aromatic rings. The Morgan fingerprint density at radius 2 is 1.82 bits per heavy atom. The molecule has 2 aromatic carbocycles. The second-order valence-electron chi connectivity index (χ2n) is 6.63. The third kappa shape index (κ3) is 7.56. The SMILES string of the molecule is CCN(Cc1ccccc1)C(=O)Nc1ccc(-c2cn[nH]c2)cc1OC.O=C(O)C(F)(F)F. The number of methoxy groups -OCH3 is 1. The van der Waals surface area contributed by atoms with Crippen LogP contribution in [0.25, 0.3) is 11.1 Å². The first-order valence-electron chi connectivity index (χ1n) is 9.72. The Kier molecular flexibility index (Phi) is 8.84.